The van der Waals surface area contributed by atoms with Crippen LogP contribution in [0.3, 0.4) is 0 Å². The third-order valence-electron chi connectivity index (χ3n) is 2.44. The van der Waals surface area contributed by atoms with Crippen LogP contribution in [0.15, 0.2) is 6.07 Å². The van der Waals surface area contributed by atoms with Crippen molar-refractivity contribution in [2.24, 2.45) is 0 Å². The van der Waals surface area contributed by atoms with E-state index in [-0.39, 0.29) is 5.41 Å². The van der Waals surface area contributed by atoms with Gasteiger partial charge in [-0.2, -0.15) is 0 Å². The summed E-state index contributed by atoms with van der Waals surface area (Å²) in [5.41, 5.74) is 6.77. The molecule has 0 saturated carbocycles. The fourth-order valence-electron chi connectivity index (χ4n) is 1.12. The van der Waals surface area contributed by atoms with Gasteiger partial charge in [-0.15, -0.1) is 0 Å². The van der Waals surface area contributed by atoms with Gasteiger partial charge >= 0.3 is 0 Å². The van der Waals surface area contributed by atoms with Crippen molar-refractivity contribution in [2.75, 3.05) is 5.73 Å². The Labute approximate surface area is 79.4 Å². The number of rotatable bonds is 2. The molecule has 0 bridgehead atoms. The molecule has 72 valence electrons. The van der Waals surface area contributed by atoms with Crippen molar-refractivity contribution in [3.63, 3.8) is 0 Å². The van der Waals surface area contributed by atoms with Crippen molar-refractivity contribution in [1.82, 2.24) is 9.97 Å². The van der Waals surface area contributed by atoms with Crippen LogP contribution in [0.4, 0.5) is 5.82 Å². The maximum atomic E-state index is 5.66. The maximum Gasteiger partial charge on any atom is 0.127 e. The summed E-state index contributed by atoms with van der Waals surface area (Å²) in [6, 6.07) is 1.86. The summed E-state index contributed by atoms with van der Waals surface area (Å²) in [6.07, 6.45) is 1.04. The molecule has 0 fully saturated rings. The second kappa shape index (κ2) is 3.32. The predicted octanol–water partition coefficient (Wildman–Crippen LogP) is 2.05. The molecule has 0 spiro atoms. The number of anilines is 1. The Morgan fingerprint density at radius 2 is 2.00 bits per heavy atom. The molecule has 0 amide bonds. The Morgan fingerprint density at radius 3 is 2.46 bits per heavy atom. The average molecular weight is 179 g/mol. The second-order valence-electron chi connectivity index (χ2n) is 3.96. The van der Waals surface area contributed by atoms with E-state index in [0.717, 1.165) is 17.9 Å². The fourth-order valence-corrected chi connectivity index (χ4v) is 1.12. The molecule has 3 heteroatoms. The molecule has 0 aliphatic rings. The molecule has 3 nitrogen and oxygen atoms in total. The van der Waals surface area contributed by atoms with Crippen LogP contribution in [0.2, 0.25) is 0 Å². The molecule has 0 aliphatic carbocycles. The van der Waals surface area contributed by atoms with E-state index in [1.54, 1.807) is 0 Å². The lowest BCUT2D eigenvalue weighted by molar-refractivity contribution is 0.488. The van der Waals surface area contributed by atoms with Crippen LogP contribution in [0.1, 0.15) is 38.7 Å². The maximum absolute atomic E-state index is 5.66. The molecule has 2 N–H and O–H groups in total. The molecular formula is C10H17N3. The summed E-state index contributed by atoms with van der Waals surface area (Å²) in [4.78, 5) is 8.43. The van der Waals surface area contributed by atoms with Crippen LogP contribution in [0.25, 0.3) is 0 Å². The Kier molecular flexibility index (Phi) is 2.55. The Hall–Kier alpha value is -1.12. The van der Waals surface area contributed by atoms with Crippen molar-refractivity contribution < 1.29 is 0 Å². The normalized spacial score (nSPS) is 11.7. The van der Waals surface area contributed by atoms with Crippen LogP contribution < -0.4 is 5.73 Å². The van der Waals surface area contributed by atoms with Crippen molar-refractivity contribution in [1.29, 1.82) is 0 Å². The Balaban J connectivity index is 3.15. The van der Waals surface area contributed by atoms with Crippen molar-refractivity contribution >= 4 is 5.82 Å². The van der Waals surface area contributed by atoms with E-state index in [2.05, 4.69) is 30.7 Å². The quantitative estimate of drug-likeness (QED) is 0.756. The van der Waals surface area contributed by atoms with E-state index in [0.29, 0.717) is 5.82 Å². The third kappa shape index (κ3) is 2.17. The smallest absolute Gasteiger partial charge is 0.127 e. The molecule has 0 aliphatic heterocycles. The first-order valence-electron chi connectivity index (χ1n) is 4.57. The average Bonchev–Trinajstić information content (AvgIpc) is 2.02. The lowest BCUT2D eigenvalue weighted by Gasteiger charge is -2.22. The zero-order chi connectivity index (χ0) is 10.1. The van der Waals surface area contributed by atoms with Crippen molar-refractivity contribution in [3.8, 4) is 0 Å². The number of hydrogen-bond acceptors (Lipinski definition) is 3. The summed E-state index contributed by atoms with van der Waals surface area (Å²) >= 11 is 0. The van der Waals surface area contributed by atoms with Gasteiger partial charge in [0.25, 0.3) is 0 Å². The van der Waals surface area contributed by atoms with E-state index in [4.69, 9.17) is 5.73 Å². The van der Waals surface area contributed by atoms with Gasteiger partial charge in [0.15, 0.2) is 0 Å². The van der Waals surface area contributed by atoms with E-state index >= 15 is 0 Å². The van der Waals surface area contributed by atoms with E-state index in [1.807, 2.05) is 13.0 Å². The molecule has 1 rings (SSSR count). The summed E-state index contributed by atoms with van der Waals surface area (Å²) in [6.45, 7) is 8.33. The van der Waals surface area contributed by atoms with Gasteiger partial charge < -0.3 is 5.73 Å². The Bertz CT molecular complexity index is 285. The van der Waals surface area contributed by atoms with Crippen LogP contribution >= 0.6 is 0 Å². The highest BCUT2D eigenvalue weighted by Gasteiger charge is 2.20. The minimum atomic E-state index is 0.0851. The molecule has 0 atom stereocenters. The first-order valence-corrected chi connectivity index (χ1v) is 4.57. The molecule has 1 aromatic heterocycles. The lowest BCUT2D eigenvalue weighted by Crippen LogP contribution is -2.18. The van der Waals surface area contributed by atoms with Gasteiger partial charge in [0.05, 0.1) is 5.69 Å². The number of aromatic nitrogens is 2. The van der Waals surface area contributed by atoms with Crippen molar-refractivity contribution in [3.05, 3.63) is 17.6 Å². The summed E-state index contributed by atoms with van der Waals surface area (Å²) < 4.78 is 0. The number of nitrogen functional groups attached to an aromatic ring is 1. The molecule has 1 heterocycles. The predicted molar refractivity (Wildman–Crippen MR) is 54.5 cm³/mol. The SMILES string of the molecule is CCC(C)(C)c1cc(N)nc(C)n1. The Morgan fingerprint density at radius 1 is 1.38 bits per heavy atom. The van der Waals surface area contributed by atoms with Gasteiger partial charge in [-0.05, 0) is 13.3 Å². The molecule has 0 saturated heterocycles. The van der Waals surface area contributed by atoms with E-state index < -0.39 is 0 Å². The molecule has 0 unspecified atom stereocenters. The fraction of sp³-hybridized carbons (Fsp3) is 0.600. The van der Waals surface area contributed by atoms with E-state index in [9.17, 15) is 0 Å². The monoisotopic (exact) mass is 179 g/mol. The zero-order valence-electron chi connectivity index (χ0n) is 8.76. The third-order valence-corrected chi connectivity index (χ3v) is 2.44. The number of nitrogens with two attached hydrogens (primary N) is 1. The van der Waals surface area contributed by atoms with Gasteiger partial charge in [0.2, 0.25) is 0 Å². The van der Waals surface area contributed by atoms with Crippen molar-refractivity contribution in [2.45, 2.75) is 39.5 Å². The van der Waals surface area contributed by atoms with Crippen LogP contribution in [0, 0.1) is 6.92 Å². The first-order chi connectivity index (χ1) is 5.95. The highest BCUT2D eigenvalue weighted by atomic mass is 14.9. The van der Waals surface area contributed by atoms with Gasteiger partial charge in [0, 0.05) is 11.5 Å². The summed E-state index contributed by atoms with van der Waals surface area (Å²) in [7, 11) is 0. The molecule has 13 heavy (non-hydrogen) atoms. The van der Waals surface area contributed by atoms with Gasteiger partial charge in [-0.25, -0.2) is 9.97 Å². The lowest BCUT2D eigenvalue weighted by atomic mass is 9.86. The number of nitrogens with zero attached hydrogens (tertiary/aromatic N) is 2. The summed E-state index contributed by atoms with van der Waals surface area (Å²) in [5, 5.41) is 0. The number of aryl methyl sites for hydroxylation is 1. The largest absolute Gasteiger partial charge is 0.384 e. The molecule has 1 aromatic rings. The van der Waals surface area contributed by atoms with Crippen LogP contribution in [-0.2, 0) is 5.41 Å². The van der Waals surface area contributed by atoms with Crippen LogP contribution in [0.5, 0.6) is 0 Å². The summed E-state index contributed by atoms with van der Waals surface area (Å²) in [5.74, 6) is 1.31. The van der Waals surface area contributed by atoms with Gasteiger partial charge in [-0.3, -0.25) is 0 Å². The number of hydrogen-bond donors (Lipinski definition) is 1. The minimum absolute atomic E-state index is 0.0851. The first kappa shape index (κ1) is 9.96. The van der Waals surface area contributed by atoms with Gasteiger partial charge in [0.1, 0.15) is 11.6 Å². The van der Waals surface area contributed by atoms with Gasteiger partial charge in [-0.1, -0.05) is 20.8 Å². The van der Waals surface area contributed by atoms with Crippen LogP contribution in [-0.4, -0.2) is 9.97 Å². The molecular weight excluding hydrogens is 162 g/mol. The highest BCUT2D eigenvalue weighted by molar-refractivity contribution is 5.32. The second-order valence-corrected chi connectivity index (χ2v) is 3.96. The highest BCUT2D eigenvalue weighted by Crippen LogP contribution is 2.25. The zero-order valence-corrected chi connectivity index (χ0v) is 8.76. The minimum Gasteiger partial charge on any atom is -0.384 e. The molecule has 0 radical (unpaired) electrons. The van der Waals surface area contributed by atoms with E-state index in [1.165, 1.54) is 0 Å². The molecule has 0 aromatic carbocycles. The topological polar surface area (TPSA) is 51.8 Å². The standard InChI is InChI=1S/C10H17N3/c1-5-10(3,4)8-6-9(11)13-7(2)12-8/h6H,5H2,1-4H3,(H2,11,12,13).